The van der Waals surface area contributed by atoms with E-state index >= 15 is 0 Å². The Bertz CT molecular complexity index is 295. The molecule has 0 radical (unpaired) electrons. The molecule has 0 rings (SSSR count). The second kappa shape index (κ2) is 15.3. The summed E-state index contributed by atoms with van der Waals surface area (Å²) in [5.74, 6) is -0.226. The molecule has 0 fully saturated rings. The molecule has 0 aliphatic rings. The first kappa shape index (κ1) is 19.9. The number of carbonyl (C=O) groups excluding carboxylic acids is 1. The maximum absolute atomic E-state index is 11.3. The molecule has 0 saturated heterocycles. The van der Waals surface area contributed by atoms with Crippen molar-refractivity contribution >= 4 is 5.97 Å². The number of hydrogen-bond acceptors (Lipinski definition) is 3. The Labute approximate surface area is 130 Å². The van der Waals surface area contributed by atoms with E-state index in [-0.39, 0.29) is 12.6 Å². The van der Waals surface area contributed by atoms with Gasteiger partial charge in [0.05, 0.1) is 0 Å². The molecule has 0 spiro atoms. The van der Waals surface area contributed by atoms with E-state index in [1.165, 1.54) is 25.7 Å². The molecule has 21 heavy (non-hydrogen) atoms. The van der Waals surface area contributed by atoms with Gasteiger partial charge in [-0.25, -0.2) is 0 Å². The summed E-state index contributed by atoms with van der Waals surface area (Å²) in [6, 6.07) is 0. The maximum Gasteiger partial charge on any atom is 0.305 e. The largest absolute Gasteiger partial charge is 0.463 e. The Morgan fingerprint density at radius 2 is 1.81 bits per heavy atom. The van der Waals surface area contributed by atoms with Crippen LogP contribution in [0.4, 0.5) is 0 Å². The minimum Gasteiger partial charge on any atom is -0.463 e. The van der Waals surface area contributed by atoms with E-state index in [9.17, 15) is 9.90 Å². The van der Waals surface area contributed by atoms with Gasteiger partial charge in [-0.05, 0) is 25.7 Å². The van der Waals surface area contributed by atoms with Crippen LogP contribution in [0.5, 0.6) is 0 Å². The molecule has 0 aromatic rings. The molecule has 0 bridgehead atoms. The van der Waals surface area contributed by atoms with E-state index in [4.69, 9.17) is 4.74 Å². The first-order valence-electron chi connectivity index (χ1n) is 8.36. The summed E-state index contributed by atoms with van der Waals surface area (Å²) in [7, 11) is 0. The molecule has 0 saturated carbocycles. The molecule has 3 heteroatoms. The normalized spacial score (nSPS) is 13.1. The van der Waals surface area contributed by atoms with Crippen molar-refractivity contribution in [3.05, 3.63) is 24.3 Å². The van der Waals surface area contributed by atoms with Crippen LogP contribution in [0, 0.1) is 0 Å². The van der Waals surface area contributed by atoms with Crippen molar-refractivity contribution in [1.29, 1.82) is 0 Å². The average Bonchev–Trinajstić information content (AvgIpc) is 2.49. The van der Waals surface area contributed by atoms with Crippen molar-refractivity contribution in [3.63, 3.8) is 0 Å². The fraction of sp³-hybridized carbons (Fsp3) is 0.722. The minimum atomic E-state index is -0.700. The molecule has 0 aromatic carbocycles. The van der Waals surface area contributed by atoms with Gasteiger partial charge in [0.25, 0.3) is 0 Å². The Morgan fingerprint density at radius 1 is 1.05 bits per heavy atom. The van der Waals surface area contributed by atoms with E-state index in [1.54, 1.807) is 6.08 Å². The molecule has 122 valence electrons. The van der Waals surface area contributed by atoms with E-state index in [0.717, 1.165) is 25.7 Å². The van der Waals surface area contributed by atoms with Crippen LogP contribution in [-0.4, -0.2) is 23.8 Å². The zero-order valence-corrected chi connectivity index (χ0v) is 13.7. The standard InChI is InChI=1S/C18H32O3/c1-3-5-7-8-9-10-11-12-13-14-17(19)16-21-18(20)15-6-4-2/h10-11,13-14,17,19H,3-9,12,15-16H2,1-2H3. The highest BCUT2D eigenvalue weighted by atomic mass is 16.5. The molecule has 0 aliphatic carbocycles. The van der Waals surface area contributed by atoms with Crippen LogP contribution in [-0.2, 0) is 9.53 Å². The zero-order chi connectivity index (χ0) is 15.8. The van der Waals surface area contributed by atoms with Crippen LogP contribution < -0.4 is 0 Å². The van der Waals surface area contributed by atoms with Crippen molar-refractivity contribution in [2.75, 3.05) is 6.61 Å². The maximum atomic E-state index is 11.3. The van der Waals surface area contributed by atoms with Crippen LogP contribution in [0.1, 0.15) is 71.6 Å². The molecule has 0 aliphatic heterocycles. The van der Waals surface area contributed by atoms with Gasteiger partial charge in [0, 0.05) is 6.42 Å². The van der Waals surface area contributed by atoms with Gasteiger partial charge in [-0.2, -0.15) is 0 Å². The van der Waals surface area contributed by atoms with Crippen molar-refractivity contribution in [2.45, 2.75) is 77.7 Å². The first-order valence-corrected chi connectivity index (χ1v) is 8.36. The molecular weight excluding hydrogens is 264 g/mol. The van der Waals surface area contributed by atoms with Crippen LogP contribution in [0.2, 0.25) is 0 Å². The van der Waals surface area contributed by atoms with Gasteiger partial charge >= 0.3 is 5.97 Å². The predicted octanol–water partition coefficient (Wildman–Crippen LogP) is 4.55. The SMILES string of the molecule is CCCCCCC=CCC=CC(O)COC(=O)CCCC. The Hall–Kier alpha value is -1.09. The number of hydrogen-bond donors (Lipinski definition) is 1. The van der Waals surface area contributed by atoms with Crippen molar-refractivity contribution in [2.24, 2.45) is 0 Å². The van der Waals surface area contributed by atoms with Gasteiger partial charge in [-0.3, -0.25) is 4.79 Å². The summed E-state index contributed by atoms with van der Waals surface area (Å²) in [6.45, 7) is 4.30. The second-order valence-corrected chi connectivity index (χ2v) is 5.34. The fourth-order valence-electron chi connectivity index (χ4n) is 1.84. The van der Waals surface area contributed by atoms with Crippen LogP contribution >= 0.6 is 0 Å². The number of allylic oxidation sites excluding steroid dienone is 3. The summed E-state index contributed by atoms with van der Waals surface area (Å²) < 4.78 is 4.98. The lowest BCUT2D eigenvalue weighted by atomic mass is 10.1. The van der Waals surface area contributed by atoms with Crippen LogP contribution in [0.15, 0.2) is 24.3 Å². The second-order valence-electron chi connectivity index (χ2n) is 5.34. The van der Waals surface area contributed by atoms with Gasteiger partial charge < -0.3 is 9.84 Å². The van der Waals surface area contributed by atoms with Crippen LogP contribution in [0.3, 0.4) is 0 Å². The third kappa shape index (κ3) is 15.1. The Kier molecular flexibility index (Phi) is 14.5. The summed E-state index contributed by atoms with van der Waals surface area (Å²) in [5.41, 5.74) is 0. The molecule has 3 nitrogen and oxygen atoms in total. The summed E-state index contributed by atoms with van der Waals surface area (Å²) in [5, 5.41) is 9.64. The summed E-state index contributed by atoms with van der Waals surface area (Å²) in [6.07, 6.45) is 16.5. The van der Waals surface area contributed by atoms with Gasteiger partial charge in [-0.1, -0.05) is 63.8 Å². The predicted molar refractivity (Wildman–Crippen MR) is 88.1 cm³/mol. The summed E-state index contributed by atoms with van der Waals surface area (Å²) in [4.78, 5) is 11.3. The zero-order valence-electron chi connectivity index (χ0n) is 13.7. The van der Waals surface area contributed by atoms with Gasteiger partial charge in [0.1, 0.15) is 12.7 Å². The smallest absolute Gasteiger partial charge is 0.305 e. The highest BCUT2D eigenvalue weighted by Gasteiger charge is 2.05. The number of aliphatic hydroxyl groups excluding tert-OH is 1. The average molecular weight is 296 g/mol. The number of ether oxygens (including phenoxy) is 1. The number of aliphatic hydroxyl groups is 1. The van der Waals surface area contributed by atoms with Crippen molar-refractivity contribution < 1.29 is 14.6 Å². The lowest BCUT2D eigenvalue weighted by molar-refractivity contribution is -0.145. The highest BCUT2D eigenvalue weighted by molar-refractivity contribution is 5.69. The van der Waals surface area contributed by atoms with E-state index in [2.05, 4.69) is 19.1 Å². The Morgan fingerprint density at radius 3 is 2.52 bits per heavy atom. The van der Waals surface area contributed by atoms with Crippen molar-refractivity contribution in [1.82, 2.24) is 0 Å². The lowest BCUT2D eigenvalue weighted by Gasteiger charge is -2.07. The number of esters is 1. The van der Waals surface area contributed by atoms with Crippen LogP contribution in [0.25, 0.3) is 0 Å². The third-order valence-corrected chi connectivity index (χ3v) is 3.17. The molecule has 0 heterocycles. The molecule has 1 atom stereocenters. The first-order chi connectivity index (χ1) is 10.2. The number of carbonyl (C=O) groups is 1. The number of rotatable bonds is 13. The van der Waals surface area contributed by atoms with E-state index < -0.39 is 6.10 Å². The van der Waals surface area contributed by atoms with E-state index in [1.807, 2.05) is 13.0 Å². The number of unbranched alkanes of at least 4 members (excludes halogenated alkanes) is 5. The van der Waals surface area contributed by atoms with Gasteiger partial charge in [0.15, 0.2) is 0 Å². The van der Waals surface area contributed by atoms with Gasteiger partial charge in [0.2, 0.25) is 0 Å². The monoisotopic (exact) mass is 296 g/mol. The molecule has 0 amide bonds. The lowest BCUT2D eigenvalue weighted by Crippen LogP contribution is -2.16. The molecular formula is C18H32O3. The summed E-state index contributed by atoms with van der Waals surface area (Å²) >= 11 is 0. The Balaban J connectivity index is 3.54. The van der Waals surface area contributed by atoms with E-state index in [0.29, 0.717) is 6.42 Å². The topological polar surface area (TPSA) is 46.5 Å². The van der Waals surface area contributed by atoms with Gasteiger partial charge in [-0.15, -0.1) is 0 Å². The van der Waals surface area contributed by atoms with Crippen molar-refractivity contribution in [3.8, 4) is 0 Å². The third-order valence-electron chi connectivity index (χ3n) is 3.17. The quantitative estimate of drug-likeness (QED) is 0.308. The molecule has 0 aromatic heterocycles. The minimum absolute atomic E-state index is 0.0553. The fourth-order valence-corrected chi connectivity index (χ4v) is 1.84. The molecule has 1 N–H and O–H groups in total. The molecule has 1 unspecified atom stereocenters. The highest BCUT2D eigenvalue weighted by Crippen LogP contribution is 2.03.